The summed E-state index contributed by atoms with van der Waals surface area (Å²) >= 11 is 8.82. The third kappa shape index (κ3) is 4.46. The van der Waals surface area contributed by atoms with Gasteiger partial charge in [0.1, 0.15) is 11.4 Å². The molecule has 3 heterocycles. The maximum Gasteiger partial charge on any atom is 0.283 e. The van der Waals surface area contributed by atoms with Crippen molar-refractivity contribution in [3.05, 3.63) is 50.8 Å². The lowest BCUT2D eigenvalue weighted by molar-refractivity contribution is -0.140. The van der Waals surface area contributed by atoms with Crippen molar-refractivity contribution in [3.63, 3.8) is 0 Å². The molecular formula is C22H20ClN3O4S2. The number of hydrogen-bond acceptors (Lipinski definition) is 7. The van der Waals surface area contributed by atoms with E-state index < -0.39 is 0 Å². The first-order chi connectivity index (χ1) is 15.4. The van der Waals surface area contributed by atoms with Gasteiger partial charge in [-0.25, -0.2) is 9.89 Å². The van der Waals surface area contributed by atoms with E-state index in [1.807, 2.05) is 18.4 Å². The molecule has 3 amide bonds. The number of nitrogens with zero attached hydrogens (tertiary/aromatic N) is 3. The van der Waals surface area contributed by atoms with E-state index in [2.05, 4.69) is 4.99 Å². The molecule has 0 bridgehead atoms. The summed E-state index contributed by atoms with van der Waals surface area (Å²) in [5, 5.41) is 2.71. The van der Waals surface area contributed by atoms with Crippen LogP contribution in [-0.4, -0.2) is 47.2 Å². The standard InChI is InChI=1S/C22H20ClN3O4S2/c1-13-7-9-31-18(13)11-15-21(29)26(16-10-14(23)5-6-17(16)30-2)22(24-15)32-12-20(28)25-8-3-4-19(25)27/h5-7,9-11H,3-4,8,12H2,1-2H3. The van der Waals surface area contributed by atoms with Crippen LogP contribution in [0.25, 0.3) is 6.08 Å². The lowest BCUT2D eigenvalue weighted by atomic mass is 10.2. The van der Waals surface area contributed by atoms with Crippen LogP contribution in [0.3, 0.4) is 0 Å². The minimum Gasteiger partial charge on any atom is -0.495 e. The van der Waals surface area contributed by atoms with E-state index in [0.717, 1.165) is 22.2 Å². The Balaban J connectivity index is 1.68. The number of rotatable bonds is 5. The van der Waals surface area contributed by atoms with Gasteiger partial charge < -0.3 is 4.74 Å². The number of halogens is 1. The molecular weight excluding hydrogens is 470 g/mol. The Morgan fingerprint density at radius 3 is 2.81 bits per heavy atom. The summed E-state index contributed by atoms with van der Waals surface area (Å²) in [5.74, 6) is -0.363. The molecule has 1 aromatic heterocycles. The maximum absolute atomic E-state index is 13.4. The number of anilines is 1. The number of thiophene rings is 1. The summed E-state index contributed by atoms with van der Waals surface area (Å²) in [7, 11) is 1.51. The second-order valence-electron chi connectivity index (χ2n) is 7.18. The van der Waals surface area contributed by atoms with E-state index >= 15 is 0 Å². The summed E-state index contributed by atoms with van der Waals surface area (Å²) in [5.41, 5.74) is 1.73. The first-order valence-electron chi connectivity index (χ1n) is 9.87. The van der Waals surface area contributed by atoms with Gasteiger partial charge in [-0.3, -0.25) is 19.3 Å². The molecule has 0 aliphatic carbocycles. The fourth-order valence-electron chi connectivity index (χ4n) is 3.42. The third-order valence-electron chi connectivity index (χ3n) is 5.08. The Bertz CT molecular complexity index is 1160. The van der Waals surface area contributed by atoms with E-state index in [0.29, 0.717) is 41.0 Å². The van der Waals surface area contributed by atoms with Gasteiger partial charge in [0.25, 0.3) is 5.91 Å². The zero-order valence-electron chi connectivity index (χ0n) is 17.5. The quantitative estimate of drug-likeness (QED) is 0.583. The number of aliphatic imine (C=N–C) groups is 1. The molecule has 0 atom stereocenters. The van der Waals surface area contributed by atoms with Gasteiger partial charge in [0.2, 0.25) is 11.8 Å². The number of imide groups is 1. The molecule has 0 unspecified atom stereocenters. The van der Waals surface area contributed by atoms with Crippen LogP contribution in [-0.2, 0) is 14.4 Å². The second-order valence-corrected chi connectivity index (χ2v) is 9.51. The Kier molecular flexibility index (Phi) is 6.68. The Morgan fingerprint density at radius 2 is 2.16 bits per heavy atom. The fourth-order valence-corrected chi connectivity index (χ4v) is 5.32. The highest BCUT2D eigenvalue weighted by atomic mass is 35.5. The van der Waals surface area contributed by atoms with Crippen molar-refractivity contribution in [1.29, 1.82) is 0 Å². The number of aryl methyl sites for hydroxylation is 1. The van der Waals surface area contributed by atoms with Crippen LogP contribution in [0.2, 0.25) is 5.02 Å². The SMILES string of the molecule is COc1ccc(Cl)cc1N1C(=O)C(=Cc2sccc2C)N=C1SCC(=O)N1CCCC1=O. The molecule has 32 heavy (non-hydrogen) atoms. The van der Waals surface area contributed by atoms with Crippen molar-refractivity contribution in [2.45, 2.75) is 19.8 Å². The summed E-state index contributed by atoms with van der Waals surface area (Å²) in [4.78, 5) is 46.0. The molecule has 1 saturated heterocycles. The zero-order chi connectivity index (χ0) is 22.8. The molecule has 0 spiro atoms. The molecule has 2 aliphatic rings. The number of carbonyl (C=O) groups is 3. The predicted molar refractivity (Wildman–Crippen MR) is 128 cm³/mol. The van der Waals surface area contributed by atoms with Gasteiger partial charge in [-0.05, 0) is 54.6 Å². The first kappa shape index (κ1) is 22.6. The van der Waals surface area contributed by atoms with E-state index in [-0.39, 0.29) is 29.2 Å². The minimum atomic E-state index is -0.342. The van der Waals surface area contributed by atoms with Gasteiger partial charge >= 0.3 is 0 Å². The summed E-state index contributed by atoms with van der Waals surface area (Å²) in [6.07, 6.45) is 2.80. The number of likely N-dealkylation sites (tertiary alicyclic amines) is 1. The van der Waals surface area contributed by atoms with Gasteiger partial charge in [-0.1, -0.05) is 23.4 Å². The highest BCUT2D eigenvalue weighted by Gasteiger charge is 2.35. The lowest BCUT2D eigenvalue weighted by Crippen LogP contribution is -2.35. The number of carbonyl (C=O) groups excluding carboxylic acids is 3. The minimum absolute atomic E-state index is 0.0114. The highest BCUT2D eigenvalue weighted by Crippen LogP contribution is 2.37. The topological polar surface area (TPSA) is 79.3 Å². The van der Waals surface area contributed by atoms with Crippen molar-refractivity contribution >= 4 is 69.4 Å². The summed E-state index contributed by atoms with van der Waals surface area (Å²) in [6.45, 7) is 2.39. The van der Waals surface area contributed by atoms with Crippen LogP contribution in [0.5, 0.6) is 5.75 Å². The molecule has 4 rings (SSSR count). The molecule has 166 valence electrons. The monoisotopic (exact) mass is 489 g/mol. The molecule has 0 N–H and O–H groups in total. The smallest absolute Gasteiger partial charge is 0.283 e. The number of ether oxygens (including phenoxy) is 1. The Morgan fingerprint density at radius 1 is 1.34 bits per heavy atom. The van der Waals surface area contributed by atoms with Crippen LogP contribution in [0.1, 0.15) is 23.3 Å². The number of methoxy groups -OCH3 is 1. The lowest BCUT2D eigenvalue weighted by Gasteiger charge is -2.21. The predicted octanol–water partition coefficient (Wildman–Crippen LogP) is 4.34. The largest absolute Gasteiger partial charge is 0.495 e. The maximum atomic E-state index is 13.4. The number of benzene rings is 1. The average Bonchev–Trinajstić information content (AvgIpc) is 3.46. The zero-order valence-corrected chi connectivity index (χ0v) is 19.9. The molecule has 7 nitrogen and oxygen atoms in total. The molecule has 2 aliphatic heterocycles. The van der Waals surface area contributed by atoms with Crippen LogP contribution in [0.15, 0.2) is 40.3 Å². The molecule has 1 fully saturated rings. The fraction of sp³-hybridized carbons (Fsp3) is 0.273. The van der Waals surface area contributed by atoms with Crippen LogP contribution in [0.4, 0.5) is 5.69 Å². The number of amidine groups is 1. The second kappa shape index (κ2) is 9.48. The van der Waals surface area contributed by atoms with Crippen molar-refractivity contribution < 1.29 is 19.1 Å². The number of hydrogen-bond donors (Lipinski definition) is 0. The highest BCUT2D eigenvalue weighted by molar-refractivity contribution is 8.14. The van der Waals surface area contributed by atoms with E-state index in [4.69, 9.17) is 16.3 Å². The van der Waals surface area contributed by atoms with Gasteiger partial charge in [-0.15, -0.1) is 11.3 Å². The molecule has 2 aromatic rings. The van der Waals surface area contributed by atoms with Crippen molar-refractivity contribution in [1.82, 2.24) is 4.90 Å². The van der Waals surface area contributed by atoms with Gasteiger partial charge in [0, 0.05) is 22.9 Å². The normalized spacial score (nSPS) is 17.5. The average molecular weight is 490 g/mol. The number of thioether (sulfide) groups is 1. The summed E-state index contributed by atoms with van der Waals surface area (Å²) < 4.78 is 5.44. The molecule has 0 saturated carbocycles. The third-order valence-corrected chi connectivity index (χ3v) is 7.20. The van der Waals surface area contributed by atoms with Gasteiger partial charge in [-0.2, -0.15) is 0 Å². The molecule has 1 aromatic carbocycles. The van der Waals surface area contributed by atoms with E-state index in [1.165, 1.54) is 28.2 Å². The van der Waals surface area contributed by atoms with Gasteiger partial charge in [0.05, 0.1) is 18.6 Å². The Labute approximate surface area is 198 Å². The van der Waals surface area contributed by atoms with Gasteiger partial charge in [0.15, 0.2) is 5.17 Å². The van der Waals surface area contributed by atoms with Crippen molar-refractivity contribution in [3.8, 4) is 5.75 Å². The molecule has 10 heteroatoms. The van der Waals surface area contributed by atoms with Crippen LogP contribution < -0.4 is 9.64 Å². The van der Waals surface area contributed by atoms with Crippen molar-refractivity contribution in [2.75, 3.05) is 24.3 Å². The Hall–Kier alpha value is -2.62. The van der Waals surface area contributed by atoms with Crippen LogP contribution in [0, 0.1) is 6.92 Å². The molecule has 0 radical (unpaired) electrons. The van der Waals surface area contributed by atoms with Crippen LogP contribution >= 0.6 is 34.7 Å². The van der Waals surface area contributed by atoms with Crippen molar-refractivity contribution in [2.24, 2.45) is 4.99 Å². The summed E-state index contributed by atoms with van der Waals surface area (Å²) in [6, 6.07) is 6.94. The number of amides is 3. The first-order valence-corrected chi connectivity index (χ1v) is 12.1. The van der Waals surface area contributed by atoms with E-state index in [9.17, 15) is 14.4 Å². The van der Waals surface area contributed by atoms with E-state index in [1.54, 1.807) is 24.3 Å².